The Morgan fingerprint density at radius 3 is 2.32 bits per heavy atom. The second kappa shape index (κ2) is 6.53. The van der Waals surface area contributed by atoms with Gasteiger partial charge in [0.1, 0.15) is 5.38 Å². The molecule has 0 aliphatic carbocycles. The topological polar surface area (TPSA) is 17.1 Å². The van der Waals surface area contributed by atoms with Crippen LogP contribution in [0.25, 0.3) is 0 Å². The molecule has 19 heavy (non-hydrogen) atoms. The van der Waals surface area contributed by atoms with E-state index < -0.39 is 5.38 Å². The summed E-state index contributed by atoms with van der Waals surface area (Å²) >= 11 is 6.20. The maximum atomic E-state index is 12.1. The first-order valence-corrected chi connectivity index (χ1v) is 6.88. The molecule has 2 rings (SSSR count). The Morgan fingerprint density at radius 1 is 1.05 bits per heavy atom. The van der Waals surface area contributed by atoms with Crippen molar-refractivity contribution >= 4 is 17.4 Å². The van der Waals surface area contributed by atoms with Crippen molar-refractivity contribution in [1.29, 1.82) is 0 Å². The monoisotopic (exact) mass is 272 g/mol. The third-order valence-electron chi connectivity index (χ3n) is 3.16. The lowest BCUT2D eigenvalue weighted by atomic mass is 10.0. The van der Waals surface area contributed by atoms with Gasteiger partial charge in [0.05, 0.1) is 0 Å². The lowest BCUT2D eigenvalue weighted by molar-refractivity contribution is -0.118. The van der Waals surface area contributed by atoms with Gasteiger partial charge in [0.15, 0.2) is 5.78 Å². The number of Topliss-reactive ketones (excluding diaryl/α,β-unsaturated/α-hetero) is 1. The van der Waals surface area contributed by atoms with E-state index in [0.29, 0.717) is 6.42 Å². The summed E-state index contributed by atoms with van der Waals surface area (Å²) < 4.78 is 0. The van der Waals surface area contributed by atoms with Crippen molar-refractivity contribution < 1.29 is 4.79 Å². The molecule has 0 spiro atoms. The summed E-state index contributed by atoms with van der Waals surface area (Å²) in [6.07, 6.45) is 1.22. The molecule has 1 unspecified atom stereocenters. The van der Waals surface area contributed by atoms with Gasteiger partial charge in [-0.05, 0) is 24.5 Å². The van der Waals surface area contributed by atoms with Gasteiger partial charge in [0.2, 0.25) is 0 Å². The third-order valence-corrected chi connectivity index (χ3v) is 3.65. The van der Waals surface area contributed by atoms with Crippen molar-refractivity contribution in [3.05, 3.63) is 71.3 Å². The molecular weight excluding hydrogens is 256 g/mol. The van der Waals surface area contributed by atoms with Crippen molar-refractivity contribution in [1.82, 2.24) is 0 Å². The van der Waals surface area contributed by atoms with Gasteiger partial charge < -0.3 is 0 Å². The molecule has 0 radical (unpaired) electrons. The Morgan fingerprint density at radius 2 is 1.68 bits per heavy atom. The van der Waals surface area contributed by atoms with Gasteiger partial charge in [-0.25, -0.2) is 0 Å². The summed E-state index contributed by atoms with van der Waals surface area (Å²) in [7, 11) is 0. The van der Waals surface area contributed by atoms with E-state index in [2.05, 4.69) is 31.2 Å². The number of benzene rings is 2. The lowest BCUT2D eigenvalue weighted by Gasteiger charge is -2.08. The zero-order valence-corrected chi connectivity index (χ0v) is 11.7. The van der Waals surface area contributed by atoms with Crippen LogP contribution < -0.4 is 0 Å². The van der Waals surface area contributed by atoms with E-state index in [1.807, 2.05) is 30.3 Å². The summed E-state index contributed by atoms with van der Waals surface area (Å²) in [6, 6.07) is 17.8. The van der Waals surface area contributed by atoms with E-state index >= 15 is 0 Å². The normalized spacial score (nSPS) is 12.1. The predicted octanol–water partition coefficient (Wildman–Crippen LogP) is 4.48. The number of rotatable bonds is 5. The highest BCUT2D eigenvalue weighted by atomic mass is 35.5. The Bertz CT molecular complexity index is 531. The maximum absolute atomic E-state index is 12.1. The van der Waals surface area contributed by atoms with Gasteiger partial charge in [0.25, 0.3) is 0 Å². The molecule has 0 saturated carbocycles. The molecule has 0 amide bonds. The summed E-state index contributed by atoms with van der Waals surface area (Å²) in [4.78, 5) is 12.1. The summed E-state index contributed by atoms with van der Waals surface area (Å²) in [5, 5.41) is -0.536. The summed E-state index contributed by atoms with van der Waals surface area (Å²) in [6.45, 7) is 2.05. The fourth-order valence-corrected chi connectivity index (χ4v) is 2.21. The zero-order chi connectivity index (χ0) is 13.7. The minimum Gasteiger partial charge on any atom is -0.298 e. The number of hydrogen-bond acceptors (Lipinski definition) is 1. The SMILES string of the molecule is Cc1ccc(CCC(=O)C(Cl)c2ccccc2)cc1. The minimum absolute atomic E-state index is 0.0773. The molecule has 2 aromatic carbocycles. The van der Waals surface area contributed by atoms with Gasteiger partial charge in [-0.15, -0.1) is 11.6 Å². The van der Waals surface area contributed by atoms with Crippen LogP contribution in [0.2, 0.25) is 0 Å². The number of aryl methyl sites for hydroxylation is 2. The molecule has 1 atom stereocenters. The van der Waals surface area contributed by atoms with Crippen molar-refractivity contribution in [2.24, 2.45) is 0 Å². The second-order valence-corrected chi connectivity index (χ2v) is 5.16. The second-order valence-electron chi connectivity index (χ2n) is 4.73. The average Bonchev–Trinajstić information content (AvgIpc) is 2.46. The number of alkyl halides is 1. The van der Waals surface area contributed by atoms with Gasteiger partial charge in [0, 0.05) is 6.42 Å². The summed E-state index contributed by atoms with van der Waals surface area (Å²) in [5.74, 6) is 0.0773. The molecule has 2 aromatic rings. The molecule has 0 aliphatic heterocycles. The van der Waals surface area contributed by atoms with Crippen molar-refractivity contribution in [3.8, 4) is 0 Å². The number of halogens is 1. The summed E-state index contributed by atoms with van der Waals surface area (Å²) in [5.41, 5.74) is 3.28. The Hall–Kier alpha value is -1.60. The van der Waals surface area contributed by atoms with Crippen molar-refractivity contribution in [2.75, 3.05) is 0 Å². The molecule has 0 saturated heterocycles. The molecule has 0 N–H and O–H groups in total. The van der Waals surface area contributed by atoms with E-state index in [1.54, 1.807) is 0 Å². The van der Waals surface area contributed by atoms with Gasteiger partial charge in [-0.1, -0.05) is 60.2 Å². The van der Waals surface area contributed by atoms with E-state index in [9.17, 15) is 4.79 Å². The van der Waals surface area contributed by atoms with Crippen LogP contribution in [-0.4, -0.2) is 5.78 Å². The fraction of sp³-hybridized carbons (Fsp3) is 0.235. The Kier molecular flexibility index (Phi) is 4.75. The number of hydrogen-bond donors (Lipinski definition) is 0. The van der Waals surface area contributed by atoms with Crippen LogP contribution in [0.4, 0.5) is 0 Å². The highest BCUT2D eigenvalue weighted by molar-refractivity contribution is 6.31. The largest absolute Gasteiger partial charge is 0.298 e. The van der Waals surface area contributed by atoms with Gasteiger partial charge in [-0.3, -0.25) is 4.79 Å². The standard InChI is InChI=1S/C17H17ClO/c1-13-7-9-14(10-8-13)11-12-16(19)17(18)15-5-3-2-4-6-15/h2-10,17H,11-12H2,1H3. The maximum Gasteiger partial charge on any atom is 0.155 e. The predicted molar refractivity (Wildman–Crippen MR) is 79.5 cm³/mol. The fourth-order valence-electron chi connectivity index (χ4n) is 1.96. The first-order chi connectivity index (χ1) is 9.16. The number of ketones is 1. The highest BCUT2D eigenvalue weighted by Gasteiger charge is 2.16. The van der Waals surface area contributed by atoms with Crippen LogP contribution in [-0.2, 0) is 11.2 Å². The van der Waals surface area contributed by atoms with E-state index in [0.717, 1.165) is 12.0 Å². The molecule has 2 heteroatoms. The molecule has 0 heterocycles. The molecule has 0 bridgehead atoms. The van der Waals surface area contributed by atoms with E-state index in [4.69, 9.17) is 11.6 Å². The van der Waals surface area contributed by atoms with Crippen LogP contribution >= 0.6 is 11.6 Å². The quantitative estimate of drug-likeness (QED) is 0.734. The highest BCUT2D eigenvalue weighted by Crippen LogP contribution is 2.23. The molecular formula is C17H17ClO. The molecule has 0 aromatic heterocycles. The molecule has 1 nitrogen and oxygen atoms in total. The average molecular weight is 273 g/mol. The van der Waals surface area contributed by atoms with Crippen LogP contribution in [0.5, 0.6) is 0 Å². The van der Waals surface area contributed by atoms with E-state index in [1.165, 1.54) is 11.1 Å². The molecule has 0 aliphatic rings. The van der Waals surface area contributed by atoms with E-state index in [-0.39, 0.29) is 5.78 Å². The van der Waals surface area contributed by atoms with Crippen molar-refractivity contribution in [2.45, 2.75) is 25.1 Å². The van der Waals surface area contributed by atoms with Crippen molar-refractivity contribution in [3.63, 3.8) is 0 Å². The first kappa shape index (κ1) is 13.8. The van der Waals surface area contributed by atoms with Crippen LogP contribution in [0.1, 0.15) is 28.5 Å². The smallest absolute Gasteiger partial charge is 0.155 e. The Balaban J connectivity index is 1.93. The third kappa shape index (κ3) is 3.93. The molecule has 0 fully saturated rings. The first-order valence-electron chi connectivity index (χ1n) is 6.44. The van der Waals surface area contributed by atoms with Crippen LogP contribution in [0.15, 0.2) is 54.6 Å². The van der Waals surface area contributed by atoms with Gasteiger partial charge in [-0.2, -0.15) is 0 Å². The Labute approximate surface area is 119 Å². The lowest BCUT2D eigenvalue weighted by Crippen LogP contribution is -2.08. The minimum atomic E-state index is -0.536. The number of carbonyl (C=O) groups excluding carboxylic acids is 1. The number of carbonyl (C=O) groups is 1. The molecule has 98 valence electrons. The van der Waals surface area contributed by atoms with Gasteiger partial charge >= 0.3 is 0 Å². The van der Waals surface area contributed by atoms with Crippen LogP contribution in [0, 0.1) is 6.92 Å². The van der Waals surface area contributed by atoms with Crippen LogP contribution in [0.3, 0.4) is 0 Å². The zero-order valence-electron chi connectivity index (χ0n) is 11.0.